The number of Topliss-reactive ketones (excluding diaryl/α,β-unsaturated/α-hetero) is 1. The lowest BCUT2D eigenvalue weighted by molar-refractivity contribution is -0.238. The summed E-state index contributed by atoms with van der Waals surface area (Å²) in [5, 5.41) is 25.0. The van der Waals surface area contributed by atoms with Gasteiger partial charge in [-0.05, 0) is 133 Å². The van der Waals surface area contributed by atoms with Gasteiger partial charge in [0.1, 0.15) is 18.0 Å². The zero-order valence-corrected chi connectivity index (χ0v) is 37.7. The second kappa shape index (κ2) is 14.9. The Morgan fingerprint density at radius 3 is 2.20 bits per heavy atom. The van der Waals surface area contributed by atoms with E-state index in [2.05, 4.69) is 53.8 Å². The fourth-order valence-electron chi connectivity index (χ4n) is 15.2. The van der Waals surface area contributed by atoms with Gasteiger partial charge >= 0.3 is 11.9 Å². The monoisotopic (exact) mass is 830 g/mol. The van der Waals surface area contributed by atoms with Gasteiger partial charge in [0.2, 0.25) is 0 Å². The average Bonchev–Trinajstić information content (AvgIpc) is 3.80. The number of ether oxygens (including phenoxy) is 3. The summed E-state index contributed by atoms with van der Waals surface area (Å²) in [6, 6.07) is 7.11. The summed E-state index contributed by atoms with van der Waals surface area (Å²) in [6.07, 6.45) is 7.83. The number of aliphatic carboxylic acids is 1. The molecule has 1 heterocycles. The zero-order valence-electron chi connectivity index (χ0n) is 37.7. The number of aliphatic hydroxyl groups excluding tert-OH is 1. The highest BCUT2D eigenvalue weighted by Crippen LogP contribution is 2.77. The fraction of sp³-hybridized carbons (Fsp3) is 0.760. The summed E-state index contributed by atoms with van der Waals surface area (Å²) in [7, 11) is 0. The number of esters is 1. The van der Waals surface area contributed by atoms with Gasteiger partial charge in [0.25, 0.3) is 5.91 Å². The molecule has 10 nitrogen and oxygen atoms in total. The Kier molecular flexibility index (Phi) is 10.8. The predicted octanol–water partition coefficient (Wildman–Crippen LogP) is 8.58. The molecule has 6 fully saturated rings. The zero-order chi connectivity index (χ0) is 43.4. The molecule has 10 heteroatoms. The number of hydrogen-bond acceptors (Lipinski definition) is 8. The average molecular weight is 830 g/mol. The molecule has 6 aliphatic carbocycles. The second-order valence-corrected chi connectivity index (χ2v) is 22.5. The van der Waals surface area contributed by atoms with E-state index in [1.807, 2.05) is 13.8 Å². The van der Waals surface area contributed by atoms with Gasteiger partial charge in [-0.25, -0.2) is 0 Å². The molecule has 8 rings (SSSR count). The first kappa shape index (κ1) is 43.4. The molecule has 0 unspecified atom stereocenters. The van der Waals surface area contributed by atoms with Crippen LogP contribution in [-0.4, -0.2) is 71.9 Å². The number of allylic oxidation sites excluding steroid dienone is 1. The first-order valence-corrected chi connectivity index (χ1v) is 23.1. The molecule has 3 N–H and O–H groups in total. The van der Waals surface area contributed by atoms with Gasteiger partial charge in [-0.3, -0.25) is 19.2 Å². The molecule has 330 valence electrons. The molecule has 0 aromatic heterocycles. The molecule has 7 aliphatic rings. The van der Waals surface area contributed by atoms with Crippen molar-refractivity contribution in [2.24, 2.45) is 68.0 Å². The Bertz CT molecular complexity index is 1930. The number of carboxylic acids is 1. The molecule has 12 atom stereocenters. The van der Waals surface area contributed by atoms with E-state index in [4.69, 9.17) is 14.2 Å². The van der Waals surface area contributed by atoms with E-state index in [0.717, 1.165) is 56.9 Å². The number of amides is 1. The molecule has 1 aromatic rings. The van der Waals surface area contributed by atoms with Crippen LogP contribution in [0, 0.1) is 68.0 Å². The third kappa shape index (κ3) is 6.44. The van der Waals surface area contributed by atoms with Gasteiger partial charge in [-0.15, -0.1) is 0 Å². The van der Waals surface area contributed by atoms with Gasteiger partial charge in [0, 0.05) is 35.8 Å². The molecule has 0 radical (unpaired) electrons. The van der Waals surface area contributed by atoms with Crippen molar-refractivity contribution < 1.29 is 43.6 Å². The smallest absolute Gasteiger partial charge is 0.309 e. The standard InChI is InChI=1S/C50H71NO9/c1-28(2)40-35(52)25-50(38(53)26-51-42(54)29-10-12-30(13-11-29)59-31-18-23-58-27-31)22-21-48(8)32(41(40)50)14-15-37-47(7)19-17-39(46(5,6)36(47)16-20-49(37,48)9)60-44(57)34-24-33(43(55)56)45(34,3)4/h10-13,28,31-34,36-39,53H,14-27H2,1-9H3,(H,51,54)(H,55,56)/t31-,32+,33-,34+,36-,37+,38-,39-,47-,48+,49+,50-/m0/s1. The van der Waals surface area contributed by atoms with Crippen molar-refractivity contribution in [1.29, 1.82) is 0 Å². The van der Waals surface area contributed by atoms with Crippen LogP contribution in [0.5, 0.6) is 5.75 Å². The number of aliphatic hydroxyl groups is 1. The summed E-state index contributed by atoms with van der Waals surface area (Å²) in [5.41, 5.74) is 0.954. The Morgan fingerprint density at radius 1 is 0.850 bits per heavy atom. The van der Waals surface area contributed by atoms with Crippen molar-refractivity contribution in [2.45, 2.75) is 151 Å². The number of nitrogens with one attached hydrogen (secondary N) is 1. The van der Waals surface area contributed by atoms with E-state index >= 15 is 0 Å². The molecule has 5 saturated carbocycles. The van der Waals surface area contributed by atoms with E-state index in [1.54, 1.807) is 24.3 Å². The first-order chi connectivity index (χ1) is 28.1. The van der Waals surface area contributed by atoms with Crippen LogP contribution in [0.1, 0.15) is 143 Å². The predicted molar refractivity (Wildman–Crippen MR) is 227 cm³/mol. The molecule has 0 spiro atoms. The van der Waals surface area contributed by atoms with Crippen LogP contribution < -0.4 is 10.1 Å². The molecule has 1 aliphatic heterocycles. The summed E-state index contributed by atoms with van der Waals surface area (Å²) in [5.74, 6) is -0.424. The fourth-order valence-corrected chi connectivity index (χ4v) is 15.2. The summed E-state index contributed by atoms with van der Waals surface area (Å²) in [6.45, 7) is 21.5. The minimum atomic E-state index is -0.899. The third-order valence-electron chi connectivity index (χ3n) is 18.9. The lowest BCUT2D eigenvalue weighted by Gasteiger charge is -2.72. The number of rotatable bonds is 10. The maximum Gasteiger partial charge on any atom is 0.309 e. The quantitative estimate of drug-likeness (QED) is 0.197. The first-order valence-electron chi connectivity index (χ1n) is 23.1. The number of benzene rings is 1. The Hall–Kier alpha value is -3.24. The number of carbonyl (C=O) groups is 4. The molecule has 1 saturated heterocycles. The minimum absolute atomic E-state index is 0.00468. The van der Waals surface area contributed by atoms with Gasteiger partial charge in [-0.1, -0.05) is 67.9 Å². The molecule has 0 bridgehead atoms. The molecule has 60 heavy (non-hydrogen) atoms. The van der Waals surface area contributed by atoms with Crippen molar-refractivity contribution in [3.63, 3.8) is 0 Å². The lowest BCUT2D eigenvalue weighted by atomic mass is 9.33. The maximum atomic E-state index is 14.2. The third-order valence-corrected chi connectivity index (χ3v) is 18.9. The molecular weight excluding hydrogens is 759 g/mol. The second-order valence-electron chi connectivity index (χ2n) is 22.5. The number of carboxylic acid groups (broad SMARTS) is 1. The van der Waals surface area contributed by atoms with E-state index in [1.165, 1.54) is 5.57 Å². The highest BCUT2D eigenvalue weighted by atomic mass is 16.6. The van der Waals surface area contributed by atoms with E-state index in [0.29, 0.717) is 55.6 Å². The summed E-state index contributed by atoms with van der Waals surface area (Å²) >= 11 is 0. The highest BCUT2D eigenvalue weighted by molar-refractivity contribution is 6.01. The van der Waals surface area contributed by atoms with Crippen molar-refractivity contribution in [2.75, 3.05) is 19.8 Å². The number of fused-ring (bicyclic) bond motifs is 7. The molecule has 1 aromatic carbocycles. The van der Waals surface area contributed by atoms with Crippen LogP contribution in [0.15, 0.2) is 35.4 Å². The van der Waals surface area contributed by atoms with Crippen LogP contribution >= 0.6 is 0 Å². The van der Waals surface area contributed by atoms with Crippen LogP contribution in [-0.2, 0) is 23.9 Å². The summed E-state index contributed by atoms with van der Waals surface area (Å²) in [4.78, 5) is 53.1. The minimum Gasteiger partial charge on any atom is -0.488 e. The van der Waals surface area contributed by atoms with Crippen molar-refractivity contribution >= 4 is 23.6 Å². The summed E-state index contributed by atoms with van der Waals surface area (Å²) < 4.78 is 17.8. The van der Waals surface area contributed by atoms with Crippen molar-refractivity contribution in [1.82, 2.24) is 5.32 Å². The van der Waals surface area contributed by atoms with E-state index in [-0.39, 0.29) is 69.9 Å². The molecule has 1 amide bonds. The van der Waals surface area contributed by atoms with E-state index in [9.17, 15) is 29.4 Å². The number of hydrogen-bond donors (Lipinski definition) is 3. The Morgan fingerprint density at radius 2 is 1.57 bits per heavy atom. The van der Waals surface area contributed by atoms with Crippen molar-refractivity contribution in [3.8, 4) is 5.75 Å². The van der Waals surface area contributed by atoms with Crippen LogP contribution in [0.4, 0.5) is 0 Å². The van der Waals surface area contributed by atoms with Crippen LogP contribution in [0.25, 0.3) is 0 Å². The van der Waals surface area contributed by atoms with Crippen LogP contribution in [0.3, 0.4) is 0 Å². The van der Waals surface area contributed by atoms with Gasteiger partial charge in [0.15, 0.2) is 5.78 Å². The molecular formula is C50H71NO9. The number of ketones is 1. The highest BCUT2D eigenvalue weighted by Gasteiger charge is 2.71. The van der Waals surface area contributed by atoms with Crippen molar-refractivity contribution in [3.05, 3.63) is 41.0 Å². The maximum absolute atomic E-state index is 14.2. The normalized spacial score (nSPS) is 40.6. The Balaban J connectivity index is 0.998. The number of carbonyl (C=O) groups excluding carboxylic acids is 3. The largest absolute Gasteiger partial charge is 0.488 e. The topological polar surface area (TPSA) is 148 Å². The van der Waals surface area contributed by atoms with Crippen LogP contribution in [0.2, 0.25) is 0 Å². The van der Waals surface area contributed by atoms with E-state index < -0.39 is 34.7 Å². The lowest BCUT2D eigenvalue weighted by Crippen LogP contribution is -2.66. The van der Waals surface area contributed by atoms with Gasteiger partial charge < -0.3 is 29.7 Å². The Labute approximate surface area is 357 Å². The SMILES string of the molecule is CC(C)C1=C2[C@H]3CC[C@@H]4[C@@]5(C)CC[C@H](OC(=O)[C@H]6C[C@@H](C(=O)O)C6(C)C)C(C)(C)[C@@H]5CC[C@@]4(C)[C@]3(C)CC[C@@]2([C@@H](O)CNC(=O)c2ccc(O[C@H]3CCOC3)cc2)CC1=O. The van der Waals surface area contributed by atoms with Gasteiger partial charge in [0.05, 0.1) is 31.2 Å². The van der Waals surface area contributed by atoms with Gasteiger partial charge in [-0.2, -0.15) is 0 Å².